The summed E-state index contributed by atoms with van der Waals surface area (Å²) in [7, 11) is -0.230. The molecule has 0 bridgehead atoms. The lowest BCUT2D eigenvalue weighted by molar-refractivity contribution is 0.00578. The van der Waals surface area contributed by atoms with Gasteiger partial charge in [0, 0.05) is 0 Å². The molecule has 0 atom stereocenters. The summed E-state index contributed by atoms with van der Waals surface area (Å²) in [5.41, 5.74) is 4.03. The molecule has 3 heteroatoms. The largest absolute Gasteiger partial charge is 0.495 e. The van der Waals surface area contributed by atoms with Gasteiger partial charge in [-0.15, -0.1) is 0 Å². The fraction of sp³-hybridized carbons (Fsp3) is 0.667. The summed E-state index contributed by atoms with van der Waals surface area (Å²) in [5.74, 6) is 0. The zero-order valence-corrected chi connectivity index (χ0v) is 14.2. The SMILES string of the molecule is CC1(C)CCc2c(cccc2B2OC(C)(C)C(C)(C)O2)C1. The van der Waals surface area contributed by atoms with Gasteiger partial charge in [-0.05, 0) is 69.0 Å². The lowest BCUT2D eigenvalue weighted by atomic mass is 9.67. The molecule has 114 valence electrons. The summed E-state index contributed by atoms with van der Waals surface area (Å²) in [6, 6.07) is 6.60. The van der Waals surface area contributed by atoms with Crippen molar-refractivity contribution < 1.29 is 9.31 Å². The van der Waals surface area contributed by atoms with E-state index < -0.39 is 0 Å². The average Bonchev–Trinajstić information content (AvgIpc) is 2.56. The van der Waals surface area contributed by atoms with Crippen molar-refractivity contribution >= 4 is 12.6 Å². The van der Waals surface area contributed by atoms with Crippen LogP contribution in [0.3, 0.4) is 0 Å². The van der Waals surface area contributed by atoms with Crippen molar-refractivity contribution in [3.05, 3.63) is 29.3 Å². The number of fused-ring (bicyclic) bond motifs is 1. The number of hydrogen-bond donors (Lipinski definition) is 0. The highest BCUT2D eigenvalue weighted by molar-refractivity contribution is 6.62. The minimum atomic E-state index is -0.270. The summed E-state index contributed by atoms with van der Waals surface area (Å²) in [6.45, 7) is 13.2. The van der Waals surface area contributed by atoms with Crippen molar-refractivity contribution in [1.82, 2.24) is 0 Å². The Balaban J connectivity index is 1.96. The van der Waals surface area contributed by atoms with Gasteiger partial charge in [-0.25, -0.2) is 0 Å². The topological polar surface area (TPSA) is 18.5 Å². The van der Waals surface area contributed by atoms with E-state index in [4.69, 9.17) is 9.31 Å². The van der Waals surface area contributed by atoms with Gasteiger partial charge in [0.05, 0.1) is 11.2 Å². The van der Waals surface area contributed by atoms with E-state index in [9.17, 15) is 0 Å². The monoisotopic (exact) mass is 286 g/mol. The molecule has 0 radical (unpaired) electrons. The maximum atomic E-state index is 6.25. The van der Waals surface area contributed by atoms with Crippen LogP contribution < -0.4 is 5.46 Å². The van der Waals surface area contributed by atoms with Crippen molar-refractivity contribution in [1.29, 1.82) is 0 Å². The molecule has 1 aliphatic carbocycles. The second-order valence-corrected chi connectivity index (χ2v) is 8.41. The Morgan fingerprint density at radius 2 is 1.57 bits per heavy atom. The third-order valence-corrected chi connectivity index (χ3v) is 5.54. The average molecular weight is 286 g/mol. The molecule has 1 aliphatic heterocycles. The summed E-state index contributed by atoms with van der Waals surface area (Å²) < 4.78 is 12.5. The van der Waals surface area contributed by atoms with E-state index in [1.165, 1.54) is 23.0 Å². The van der Waals surface area contributed by atoms with Crippen LogP contribution in [0.1, 0.15) is 59.1 Å². The quantitative estimate of drug-likeness (QED) is 0.736. The first-order valence-corrected chi connectivity index (χ1v) is 8.08. The second kappa shape index (κ2) is 4.60. The van der Waals surface area contributed by atoms with E-state index in [-0.39, 0.29) is 18.3 Å². The number of benzene rings is 1. The van der Waals surface area contributed by atoms with Crippen LogP contribution >= 0.6 is 0 Å². The standard InChI is InChI=1S/C18H27BO2/c1-16(2)11-10-14-13(12-16)8-7-9-15(14)19-20-17(3,4)18(5,6)21-19/h7-9H,10-12H2,1-6H3. The summed E-state index contributed by atoms with van der Waals surface area (Å²) in [5, 5.41) is 0. The van der Waals surface area contributed by atoms with E-state index in [1.54, 1.807) is 0 Å². The maximum Gasteiger partial charge on any atom is 0.495 e. The summed E-state index contributed by atoms with van der Waals surface area (Å²) >= 11 is 0. The van der Waals surface area contributed by atoms with Gasteiger partial charge in [-0.1, -0.05) is 32.0 Å². The van der Waals surface area contributed by atoms with Crippen molar-refractivity contribution in [3.8, 4) is 0 Å². The molecule has 3 rings (SSSR count). The molecule has 2 nitrogen and oxygen atoms in total. The maximum absolute atomic E-state index is 6.25. The van der Waals surface area contributed by atoms with Crippen LogP contribution in [0.2, 0.25) is 0 Å². The van der Waals surface area contributed by atoms with Crippen LogP contribution in [0.5, 0.6) is 0 Å². The second-order valence-electron chi connectivity index (χ2n) is 8.41. The highest BCUT2D eigenvalue weighted by atomic mass is 16.7. The zero-order valence-electron chi connectivity index (χ0n) is 14.2. The molecule has 1 heterocycles. The molecule has 0 N–H and O–H groups in total. The fourth-order valence-corrected chi connectivity index (χ4v) is 3.38. The minimum Gasteiger partial charge on any atom is -0.399 e. The van der Waals surface area contributed by atoms with Gasteiger partial charge in [0.25, 0.3) is 0 Å². The van der Waals surface area contributed by atoms with Crippen LogP contribution in [0.4, 0.5) is 0 Å². The molecule has 1 aromatic carbocycles. The van der Waals surface area contributed by atoms with Gasteiger partial charge >= 0.3 is 7.12 Å². The molecule has 0 amide bonds. The van der Waals surface area contributed by atoms with E-state index in [2.05, 4.69) is 59.7 Å². The first-order chi connectivity index (χ1) is 9.61. The van der Waals surface area contributed by atoms with Crippen molar-refractivity contribution in [2.75, 3.05) is 0 Å². The Kier molecular flexibility index (Phi) is 3.31. The predicted molar refractivity (Wildman–Crippen MR) is 88.0 cm³/mol. The first kappa shape index (κ1) is 15.1. The molecule has 0 unspecified atom stereocenters. The zero-order chi connectivity index (χ0) is 15.5. The predicted octanol–water partition coefficient (Wildman–Crippen LogP) is 3.50. The van der Waals surface area contributed by atoms with Crippen molar-refractivity contribution in [2.45, 2.75) is 72.0 Å². The van der Waals surface area contributed by atoms with E-state index in [1.807, 2.05) is 0 Å². The van der Waals surface area contributed by atoms with Gasteiger partial charge < -0.3 is 9.31 Å². The van der Waals surface area contributed by atoms with Gasteiger partial charge in [-0.2, -0.15) is 0 Å². The molecule has 0 aromatic heterocycles. The summed E-state index contributed by atoms with van der Waals surface area (Å²) in [6.07, 6.45) is 3.51. The first-order valence-electron chi connectivity index (χ1n) is 8.08. The lowest BCUT2D eigenvalue weighted by Gasteiger charge is -2.32. The molecular weight excluding hydrogens is 259 g/mol. The Labute approximate surface area is 129 Å². The van der Waals surface area contributed by atoms with Crippen molar-refractivity contribution in [2.24, 2.45) is 5.41 Å². The highest BCUT2D eigenvalue weighted by Crippen LogP contribution is 2.38. The van der Waals surface area contributed by atoms with Crippen LogP contribution in [-0.4, -0.2) is 18.3 Å². The molecular formula is C18H27BO2. The Morgan fingerprint density at radius 1 is 0.952 bits per heavy atom. The molecule has 1 fully saturated rings. The third kappa shape index (κ3) is 2.55. The van der Waals surface area contributed by atoms with E-state index >= 15 is 0 Å². The fourth-order valence-electron chi connectivity index (χ4n) is 3.38. The van der Waals surface area contributed by atoms with E-state index in [0.29, 0.717) is 5.41 Å². The van der Waals surface area contributed by atoms with Crippen LogP contribution in [0.15, 0.2) is 18.2 Å². The van der Waals surface area contributed by atoms with Crippen LogP contribution in [0.25, 0.3) is 0 Å². The molecule has 0 spiro atoms. The van der Waals surface area contributed by atoms with Gasteiger partial charge in [0.2, 0.25) is 0 Å². The third-order valence-electron chi connectivity index (χ3n) is 5.54. The normalized spacial score (nSPS) is 25.7. The van der Waals surface area contributed by atoms with Gasteiger partial charge in [0.15, 0.2) is 0 Å². The van der Waals surface area contributed by atoms with Crippen molar-refractivity contribution in [3.63, 3.8) is 0 Å². The lowest BCUT2D eigenvalue weighted by Crippen LogP contribution is -2.41. The molecule has 2 aliphatic rings. The molecule has 1 aromatic rings. The van der Waals surface area contributed by atoms with E-state index in [0.717, 1.165) is 12.8 Å². The van der Waals surface area contributed by atoms with Gasteiger partial charge in [0.1, 0.15) is 0 Å². The molecule has 1 saturated heterocycles. The van der Waals surface area contributed by atoms with Crippen LogP contribution in [-0.2, 0) is 22.2 Å². The molecule has 21 heavy (non-hydrogen) atoms. The smallest absolute Gasteiger partial charge is 0.399 e. The Bertz CT molecular complexity index is 544. The number of rotatable bonds is 1. The summed E-state index contributed by atoms with van der Waals surface area (Å²) in [4.78, 5) is 0. The minimum absolute atomic E-state index is 0.230. The Hall–Kier alpha value is -0.795. The van der Waals surface area contributed by atoms with Gasteiger partial charge in [-0.3, -0.25) is 0 Å². The Morgan fingerprint density at radius 3 is 2.19 bits per heavy atom. The van der Waals surface area contributed by atoms with Crippen LogP contribution in [0, 0.1) is 5.41 Å². The highest BCUT2D eigenvalue weighted by Gasteiger charge is 2.52. The number of hydrogen-bond acceptors (Lipinski definition) is 2. The molecule has 0 saturated carbocycles.